The van der Waals surface area contributed by atoms with E-state index < -0.39 is 0 Å². The van der Waals surface area contributed by atoms with Crippen LogP contribution in [0.3, 0.4) is 0 Å². The van der Waals surface area contributed by atoms with Crippen LogP contribution >= 0.6 is 23.4 Å². The number of halogens is 1. The minimum atomic E-state index is 0.191. The van der Waals surface area contributed by atoms with Crippen molar-refractivity contribution >= 4 is 29.3 Å². The van der Waals surface area contributed by atoms with Gasteiger partial charge in [-0.25, -0.2) is 0 Å². The Morgan fingerprint density at radius 2 is 2.06 bits per heavy atom. The second kappa shape index (κ2) is 6.28. The SMILES string of the molecule is O=C(CSc1ccccc1Cl)N1CCNCC1. The van der Waals surface area contributed by atoms with E-state index >= 15 is 0 Å². The topological polar surface area (TPSA) is 32.3 Å². The Labute approximate surface area is 111 Å². The third-order valence-electron chi connectivity index (χ3n) is 2.66. The fourth-order valence-corrected chi connectivity index (χ4v) is 2.85. The van der Waals surface area contributed by atoms with Crippen molar-refractivity contribution in [2.45, 2.75) is 4.90 Å². The summed E-state index contributed by atoms with van der Waals surface area (Å²) in [4.78, 5) is 14.8. The molecule has 0 saturated carbocycles. The molecular formula is C12H15ClN2OS. The van der Waals surface area contributed by atoms with E-state index in [1.807, 2.05) is 29.2 Å². The third kappa shape index (κ3) is 3.63. The van der Waals surface area contributed by atoms with Gasteiger partial charge in [-0.1, -0.05) is 23.7 Å². The Bertz CT molecular complexity index is 394. The first-order chi connectivity index (χ1) is 8.27. The van der Waals surface area contributed by atoms with Gasteiger partial charge >= 0.3 is 0 Å². The van der Waals surface area contributed by atoms with Crippen molar-refractivity contribution < 1.29 is 4.79 Å². The van der Waals surface area contributed by atoms with Crippen molar-refractivity contribution in [3.8, 4) is 0 Å². The Balaban J connectivity index is 1.85. The number of carbonyl (C=O) groups is 1. The molecule has 1 heterocycles. The first kappa shape index (κ1) is 12.7. The number of hydrogen-bond donors (Lipinski definition) is 1. The van der Waals surface area contributed by atoms with Crippen molar-refractivity contribution in [1.82, 2.24) is 10.2 Å². The van der Waals surface area contributed by atoms with Crippen LogP contribution in [-0.2, 0) is 4.79 Å². The van der Waals surface area contributed by atoms with Crippen molar-refractivity contribution in [1.29, 1.82) is 0 Å². The molecule has 0 unspecified atom stereocenters. The quantitative estimate of drug-likeness (QED) is 0.851. The molecule has 1 saturated heterocycles. The Morgan fingerprint density at radius 1 is 1.35 bits per heavy atom. The molecular weight excluding hydrogens is 256 g/mol. The number of nitrogens with one attached hydrogen (secondary N) is 1. The molecule has 17 heavy (non-hydrogen) atoms. The van der Waals surface area contributed by atoms with E-state index in [1.165, 1.54) is 11.8 Å². The van der Waals surface area contributed by atoms with Crippen LogP contribution in [-0.4, -0.2) is 42.7 Å². The number of benzene rings is 1. The summed E-state index contributed by atoms with van der Waals surface area (Å²) < 4.78 is 0. The first-order valence-electron chi connectivity index (χ1n) is 5.63. The molecule has 1 aliphatic rings. The molecule has 0 atom stereocenters. The molecule has 0 radical (unpaired) electrons. The molecule has 1 aromatic rings. The number of nitrogens with zero attached hydrogens (tertiary/aromatic N) is 1. The normalized spacial score (nSPS) is 15.9. The fraction of sp³-hybridized carbons (Fsp3) is 0.417. The van der Waals surface area contributed by atoms with Crippen molar-refractivity contribution in [3.05, 3.63) is 29.3 Å². The highest BCUT2D eigenvalue weighted by molar-refractivity contribution is 8.00. The van der Waals surface area contributed by atoms with Gasteiger partial charge in [0.15, 0.2) is 0 Å². The van der Waals surface area contributed by atoms with E-state index in [9.17, 15) is 4.79 Å². The summed E-state index contributed by atoms with van der Waals surface area (Å²) in [6.45, 7) is 3.40. The molecule has 1 fully saturated rings. The molecule has 5 heteroatoms. The number of amides is 1. The zero-order valence-electron chi connectivity index (χ0n) is 9.49. The summed E-state index contributed by atoms with van der Waals surface area (Å²) >= 11 is 7.54. The Morgan fingerprint density at radius 3 is 2.76 bits per heavy atom. The van der Waals surface area contributed by atoms with Gasteiger partial charge in [0, 0.05) is 31.1 Å². The Hall–Kier alpha value is -0.710. The smallest absolute Gasteiger partial charge is 0.233 e. The Kier molecular flexibility index (Phi) is 4.71. The van der Waals surface area contributed by atoms with Crippen LogP contribution in [0.1, 0.15) is 0 Å². The van der Waals surface area contributed by atoms with Gasteiger partial charge in [0.25, 0.3) is 0 Å². The summed E-state index contributed by atoms with van der Waals surface area (Å²) in [5, 5.41) is 3.94. The highest BCUT2D eigenvalue weighted by Crippen LogP contribution is 2.26. The largest absolute Gasteiger partial charge is 0.339 e. The van der Waals surface area contributed by atoms with E-state index in [-0.39, 0.29) is 5.91 Å². The lowest BCUT2D eigenvalue weighted by molar-refractivity contribution is -0.128. The van der Waals surface area contributed by atoms with Crippen LogP contribution in [0.15, 0.2) is 29.2 Å². The van der Waals surface area contributed by atoms with Gasteiger partial charge in [-0.2, -0.15) is 0 Å². The number of rotatable bonds is 3. The minimum absolute atomic E-state index is 0.191. The van der Waals surface area contributed by atoms with Gasteiger partial charge in [-0.15, -0.1) is 11.8 Å². The van der Waals surface area contributed by atoms with Crippen LogP contribution in [0.4, 0.5) is 0 Å². The molecule has 1 aromatic carbocycles. The fourth-order valence-electron chi connectivity index (χ4n) is 1.71. The first-order valence-corrected chi connectivity index (χ1v) is 6.99. The zero-order chi connectivity index (χ0) is 12.1. The van der Waals surface area contributed by atoms with Gasteiger partial charge in [0.1, 0.15) is 0 Å². The van der Waals surface area contributed by atoms with E-state index in [2.05, 4.69) is 5.32 Å². The van der Waals surface area contributed by atoms with Crippen molar-refractivity contribution in [2.75, 3.05) is 31.9 Å². The molecule has 0 aliphatic carbocycles. The van der Waals surface area contributed by atoms with Crippen LogP contribution in [0.2, 0.25) is 5.02 Å². The predicted molar refractivity (Wildman–Crippen MR) is 71.6 cm³/mol. The van der Waals surface area contributed by atoms with Crippen LogP contribution in [0.5, 0.6) is 0 Å². The summed E-state index contributed by atoms with van der Waals surface area (Å²) in [6, 6.07) is 7.62. The molecule has 3 nitrogen and oxygen atoms in total. The minimum Gasteiger partial charge on any atom is -0.339 e. The lowest BCUT2D eigenvalue weighted by atomic mass is 10.3. The predicted octanol–water partition coefficient (Wildman–Crippen LogP) is 1.86. The number of carbonyl (C=O) groups excluding carboxylic acids is 1. The van der Waals surface area contributed by atoms with Gasteiger partial charge < -0.3 is 10.2 Å². The molecule has 0 spiro atoms. The second-order valence-corrected chi connectivity index (χ2v) is 5.27. The molecule has 1 aliphatic heterocycles. The summed E-state index contributed by atoms with van der Waals surface area (Å²) in [5.74, 6) is 0.653. The molecule has 1 N–H and O–H groups in total. The maximum atomic E-state index is 11.9. The van der Waals surface area contributed by atoms with Crippen LogP contribution in [0, 0.1) is 0 Å². The average Bonchev–Trinajstić information content (AvgIpc) is 2.38. The summed E-state index contributed by atoms with van der Waals surface area (Å²) in [6.07, 6.45) is 0. The third-order valence-corrected chi connectivity index (χ3v) is 4.16. The average molecular weight is 271 g/mol. The standard InChI is InChI=1S/C12H15ClN2OS/c13-10-3-1-2-4-11(10)17-9-12(16)15-7-5-14-6-8-15/h1-4,14H,5-9H2. The van der Waals surface area contributed by atoms with Crippen LogP contribution < -0.4 is 5.32 Å². The maximum absolute atomic E-state index is 11.9. The van der Waals surface area contributed by atoms with Gasteiger partial charge in [-0.05, 0) is 12.1 Å². The van der Waals surface area contributed by atoms with E-state index in [0.717, 1.165) is 31.1 Å². The van der Waals surface area contributed by atoms with Crippen molar-refractivity contribution in [2.24, 2.45) is 0 Å². The maximum Gasteiger partial charge on any atom is 0.233 e. The van der Waals surface area contributed by atoms with Crippen LogP contribution in [0.25, 0.3) is 0 Å². The lowest BCUT2D eigenvalue weighted by Crippen LogP contribution is -2.47. The number of thioether (sulfide) groups is 1. The van der Waals surface area contributed by atoms with Gasteiger partial charge in [-0.3, -0.25) is 4.79 Å². The molecule has 1 amide bonds. The number of piperazine rings is 1. The molecule has 0 aromatic heterocycles. The monoisotopic (exact) mass is 270 g/mol. The van der Waals surface area contributed by atoms with E-state index in [4.69, 9.17) is 11.6 Å². The second-order valence-electron chi connectivity index (χ2n) is 3.85. The van der Waals surface area contributed by atoms with Gasteiger partial charge in [0.05, 0.1) is 10.8 Å². The van der Waals surface area contributed by atoms with E-state index in [0.29, 0.717) is 10.8 Å². The highest BCUT2D eigenvalue weighted by atomic mass is 35.5. The zero-order valence-corrected chi connectivity index (χ0v) is 11.1. The van der Waals surface area contributed by atoms with Crippen molar-refractivity contribution in [3.63, 3.8) is 0 Å². The highest BCUT2D eigenvalue weighted by Gasteiger charge is 2.16. The van der Waals surface area contributed by atoms with E-state index in [1.54, 1.807) is 0 Å². The molecule has 2 rings (SSSR count). The molecule has 0 bridgehead atoms. The number of hydrogen-bond acceptors (Lipinski definition) is 3. The lowest BCUT2D eigenvalue weighted by Gasteiger charge is -2.27. The summed E-state index contributed by atoms with van der Waals surface area (Å²) in [5.41, 5.74) is 0. The van der Waals surface area contributed by atoms with Gasteiger partial charge in [0.2, 0.25) is 5.91 Å². The summed E-state index contributed by atoms with van der Waals surface area (Å²) in [7, 11) is 0. The molecule has 92 valence electrons.